The number of esters is 3. The van der Waals surface area contributed by atoms with E-state index in [1.54, 1.807) is 43.3 Å². The molecule has 2 aromatic rings. The molecule has 170 valence electrons. The topological polar surface area (TPSA) is 116 Å². The zero-order valence-electron chi connectivity index (χ0n) is 18.0. The van der Waals surface area contributed by atoms with Crippen molar-refractivity contribution in [1.29, 1.82) is 0 Å². The molecule has 1 atom stereocenters. The summed E-state index contributed by atoms with van der Waals surface area (Å²) in [5.41, 5.74) is 1.86. The van der Waals surface area contributed by atoms with Gasteiger partial charge in [-0.15, -0.1) is 0 Å². The van der Waals surface area contributed by atoms with Crippen LogP contribution in [0.5, 0.6) is 5.75 Å². The average Bonchev–Trinajstić information content (AvgIpc) is 2.80. The molecule has 0 aliphatic carbocycles. The third-order valence-electron chi connectivity index (χ3n) is 4.69. The maximum absolute atomic E-state index is 11.9. The van der Waals surface area contributed by atoms with Gasteiger partial charge in [0.1, 0.15) is 19.0 Å². The van der Waals surface area contributed by atoms with Crippen LogP contribution in [-0.4, -0.2) is 42.2 Å². The van der Waals surface area contributed by atoms with Crippen molar-refractivity contribution in [2.75, 3.05) is 13.2 Å². The monoisotopic (exact) mass is 442 g/mol. The minimum atomic E-state index is -0.993. The second kappa shape index (κ2) is 12.2. The molecule has 0 spiro atoms. The SMILES string of the molecule is CCC(C)C(=O)OCCOC(=O)CCC(=O)Oc1ccc(-c2ccc(C(=O)O)cc2)cc1. The molecular weight excluding hydrogens is 416 g/mol. The van der Waals surface area contributed by atoms with Gasteiger partial charge in [-0.25, -0.2) is 4.79 Å². The largest absolute Gasteiger partial charge is 0.478 e. The second-order valence-corrected chi connectivity index (χ2v) is 7.08. The lowest BCUT2D eigenvalue weighted by Gasteiger charge is -2.09. The zero-order valence-corrected chi connectivity index (χ0v) is 18.0. The molecule has 0 saturated heterocycles. The summed E-state index contributed by atoms with van der Waals surface area (Å²) in [4.78, 5) is 46.1. The van der Waals surface area contributed by atoms with Crippen LogP contribution in [0.15, 0.2) is 48.5 Å². The van der Waals surface area contributed by atoms with E-state index in [2.05, 4.69) is 0 Å². The second-order valence-electron chi connectivity index (χ2n) is 7.08. The Hall–Kier alpha value is -3.68. The average molecular weight is 442 g/mol. The Morgan fingerprint density at radius 3 is 1.91 bits per heavy atom. The van der Waals surface area contributed by atoms with E-state index >= 15 is 0 Å². The first-order valence-corrected chi connectivity index (χ1v) is 10.3. The first kappa shape index (κ1) is 24.6. The van der Waals surface area contributed by atoms with Crippen LogP contribution in [0.4, 0.5) is 0 Å². The van der Waals surface area contributed by atoms with Crippen LogP contribution in [0.2, 0.25) is 0 Å². The fourth-order valence-electron chi connectivity index (χ4n) is 2.59. The number of ether oxygens (including phenoxy) is 3. The Morgan fingerprint density at radius 1 is 0.812 bits per heavy atom. The van der Waals surface area contributed by atoms with Crippen LogP contribution in [0.3, 0.4) is 0 Å². The quantitative estimate of drug-likeness (QED) is 0.317. The van der Waals surface area contributed by atoms with Crippen LogP contribution < -0.4 is 4.74 Å². The number of hydrogen-bond donors (Lipinski definition) is 1. The molecule has 0 amide bonds. The Bertz CT molecular complexity index is 931. The van der Waals surface area contributed by atoms with E-state index < -0.39 is 17.9 Å². The van der Waals surface area contributed by atoms with Gasteiger partial charge in [0.2, 0.25) is 0 Å². The maximum Gasteiger partial charge on any atom is 0.335 e. The lowest BCUT2D eigenvalue weighted by Crippen LogP contribution is -2.19. The lowest BCUT2D eigenvalue weighted by atomic mass is 10.0. The van der Waals surface area contributed by atoms with Crippen molar-refractivity contribution in [2.45, 2.75) is 33.1 Å². The normalized spacial score (nSPS) is 11.3. The molecule has 0 fully saturated rings. The summed E-state index contributed by atoms with van der Waals surface area (Å²) in [6.45, 7) is 3.54. The summed E-state index contributed by atoms with van der Waals surface area (Å²) in [6.07, 6.45) is 0.374. The van der Waals surface area contributed by atoms with Gasteiger partial charge in [-0.2, -0.15) is 0 Å². The van der Waals surface area contributed by atoms with Crippen molar-refractivity contribution in [3.05, 3.63) is 54.1 Å². The van der Waals surface area contributed by atoms with Crippen LogP contribution in [-0.2, 0) is 23.9 Å². The highest BCUT2D eigenvalue weighted by Crippen LogP contribution is 2.23. The van der Waals surface area contributed by atoms with Crippen LogP contribution >= 0.6 is 0 Å². The molecule has 0 aromatic heterocycles. The third kappa shape index (κ3) is 7.86. The van der Waals surface area contributed by atoms with Gasteiger partial charge in [0.15, 0.2) is 0 Å². The van der Waals surface area contributed by atoms with E-state index in [0.29, 0.717) is 12.2 Å². The predicted molar refractivity (Wildman–Crippen MR) is 115 cm³/mol. The molecule has 1 N–H and O–H groups in total. The molecule has 2 aromatic carbocycles. The van der Waals surface area contributed by atoms with E-state index in [-0.39, 0.29) is 43.5 Å². The summed E-state index contributed by atoms with van der Waals surface area (Å²) in [5, 5.41) is 8.95. The van der Waals surface area contributed by atoms with E-state index in [0.717, 1.165) is 11.1 Å². The van der Waals surface area contributed by atoms with Gasteiger partial charge in [0.05, 0.1) is 24.3 Å². The van der Waals surface area contributed by atoms with Gasteiger partial charge >= 0.3 is 23.9 Å². The van der Waals surface area contributed by atoms with Crippen molar-refractivity contribution >= 4 is 23.9 Å². The van der Waals surface area contributed by atoms with Gasteiger partial charge in [-0.05, 0) is 41.8 Å². The van der Waals surface area contributed by atoms with Gasteiger partial charge in [0, 0.05) is 0 Å². The van der Waals surface area contributed by atoms with E-state index in [1.807, 2.05) is 6.92 Å². The molecule has 32 heavy (non-hydrogen) atoms. The fraction of sp³-hybridized carbons (Fsp3) is 0.333. The van der Waals surface area contributed by atoms with Crippen molar-refractivity contribution < 1.29 is 38.5 Å². The summed E-state index contributed by atoms with van der Waals surface area (Å²) in [6, 6.07) is 13.1. The Labute approximate surface area is 186 Å². The highest BCUT2D eigenvalue weighted by molar-refractivity contribution is 5.88. The number of benzene rings is 2. The molecule has 0 bridgehead atoms. The number of carbonyl (C=O) groups excluding carboxylic acids is 3. The summed E-state index contributed by atoms with van der Waals surface area (Å²) < 4.78 is 15.1. The van der Waals surface area contributed by atoms with E-state index in [1.165, 1.54) is 12.1 Å². The molecule has 0 radical (unpaired) electrons. The highest BCUT2D eigenvalue weighted by atomic mass is 16.6. The summed E-state index contributed by atoms with van der Waals surface area (Å²) >= 11 is 0. The molecular formula is C24H26O8. The van der Waals surface area contributed by atoms with E-state index in [4.69, 9.17) is 19.3 Å². The molecule has 8 nitrogen and oxygen atoms in total. The van der Waals surface area contributed by atoms with Crippen LogP contribution in [0.25, 0.3) is 11.1 Å². The fourth-order valence-corrected chi connectivity index (χ4v) is 2.59. The number of hydrogen-bond acceptors (Lipinski definition) is 7. The lowest BCUT2D eigenvalue weighted by molar-refractivity contribution is -0.155. The predicted octanol–water partition coefficient (Wildman–Crippen LogP) is 3.87. The van der Waals surface area contributed by atoms with Gasteiger partial charge in [-0.1, -0.05) is 38.1 Å². The maximum atomic E-state index is 11.9. The van der Waals surface area contributed by atoms with E-state index in [9.17, 15) is 19.2 Å². The smallest absolute Gasteiger partial charge is 0.335 e. The number of aromatic carboxylic acids is 1. The van der Waals surface area contributed by atoms with Crippen molar-refractivity contribution in [2.24, 2.45) is 5.92 Å². The van der Waals surface area contributed by atoms with Crippen molar-refractivity contribution in [3.8, 4) is 16.9 Å². The van der Waals surface area contributed by atoms with Gasteiger partial charge in [-0.3, -0.25) is 14.4 Å². The molecule has 0 saturated carbocycles. The minimum Gasteiger partial charge on any atom is -0.478 e. The van der Waals surface area contributed by atoms with Crippen molar-refractivity contribution in [1.82, 2.24) is 0 Å². The summed E-state index contributed by atoms with van der Waals surface area (Å²) in [5.74, 6) is -2.37. The first-order chi connectivity index (χ1) is 15.3. The van der Waals surface area contributed by atoms with Crippen LogP contribution in [0, 0.1) is 5.92 Å². The minimum absolute atomic E-state index is 0.0231. The molecule has 0 heterocycles. The molecule has 0 aliphatic rings. The Kier molecular flexibility index (Phi) is 9.41. The Balaban J connectivity index is 1.72. The highest BCUT2D eigenvalue weighted by Gasteiger charge is 2.13. The standard InChI is InChI=1S/C24H26O8/c1-3-16(2)24(29)31-15-14-30-21(25)12-13-22(26)32-20-10-8-18(9-11-20)17-4-6-19(7-5-17)23(27)28/h4-11,16H,3,12-15H2,1-2H3,(H,27,28). The molecule has 2 rings (SSSR count). The number of carboxylic acid groups (broad SMARTS) is 1. The third-order valence-corrected chi connectivity index (χ3v) is 4.69. The zero-order chi connectivity index (χ0) is 23.5. The van der Waals surface area contributed by atoms with Crippen molar-refractivity contribution in [3.63, 3.8) is 0 Å². The van der Waals surface area contributed by atoms with Gasteiger partial charge in [0.25, 0.3) is 0 Å². The molecule has 1 unspecified atom stereocenters. The number of carbonyl (C=O) groups is 4. The molecule has 0 aliphatic heterocycles. The van der Waals surface area contributed by atoms with Gasteiger partial charge < -0.3 is 19.3 Å². The number of carboxylic acids is 1. The Morgan fingerprint density at radius 2 is 1.34 bits per heavy atom. The molecule has 8 heteroatoms. The summed E-state index contributed by atoms with van der Waals surface area (Å²) in [7, 11) is 0. The van der Waals surface area contributed by atoms with Crippen LogP contribution in [0.1, 0.15) is 43.5 Å². The number of rotatable bonds is 11. The first-order valence-electron chi connectivity index (χ1n) is 10.3.